The largest absolute Gasteiger partial charge is 0.477 e. The fourth-order valence-electron chi connectivity index (χ4n) is 2.19. The number of carbonyl (C=O) groups excluding carboxylic acids is 1. The molecule has 0 saturated heterocycles. The van der Waals surface area contributed by atoms with Gasteiger partial charge < -0.3 is 10.4 Å². The summed E-state index contributed by atoms with van der Waals surface area (Å²) >= 11 is 0. The van der Waals surface area contributed by atoms with Crippen molar-refractivity contribution in [1.29, 1.82) is 0 Å². The molecule has 0 unspecified atom stereocenters. The van der Waals surface area contributed by atoms with E-state index in [9.17, 15) is 9.59 Å². The third-order valence-corrected chi connectivity index (χ3v) is 3.31. The van der Waals surface area contributed by atoms with Gasteiger partial charge in [-0.15, -0.1) is 0 Å². The summed E-state index contributed by atoms with van der Waals surface area (Å²) < 4.78 is 0. The van der Waals surface area contributed by atoms with Crippen LogP contribution in [-0.2, 0) is 11.3 Å². The Bertz CT molecular complexity index is 520. The zero-order chi connectivity index (χ0) is 14.4. The first-order valence-electron chi connectivity index (χ1n) is 6.78. The smallest absolute Gasteiger partial charge is 0.354 e. The Kier molecular flexibility index (Phi) is 4.87. The van der Waals surface area contributed by atoms with Crippen molar-refractivity contribution < 1.29 is 14.7 Å². The van der Waals surface area contributed by atoms with Gasteiger partial charge in [0, 0.05) is 19.2 Å². The number of pyridine rings is 1. The highest BCUT2D eigenvalue weighted by Gasteiger charge is 2.09. The maximum atomic E-state index is 11.8. The van der Waals surface area contributed by atoms with E-state index in [-0.39, 0.29) is 11.6 Å². The SMILES string of the molecule is O=C(CC1=CCCCC1)NCc1ccc(C(=O)O)nc1. The number of nitrogens with one attached hydrogen (secondary N) is 1. The minimum atomic E-state index is -1.05. The predicted molar refractivity (Wildman–Crippen MR) is 74.2 cm³/mol. The maximum Gasteiger partial charge on any atom is 0.354 e. The fraction of sp³-hybridized carbons (Fsp3) is 0.400. The molecule has 5 heteroatoms. The molecule has 0 bridgehead atoms. The monoisotopic (exact) mass is 274 g/mol. The normalized spacial score (nSPS) is 14.5. The number of amides is 1. The van der Waals surface area contributed by atoms with Crippen molar-refractivity contribution >= 4 is 11.9 Å². The topological polar surface area (TPSA) is 79.3 Å². The summed E-state index contributed by atoms with van der Waals surface area (Å²) in [7, 11) is 0. The Morgan fingerprint density at radius 1 is 1.30 bits per heavy atom. The van der Waals surface area contributed by atoms with Gasteiger partial charge in [0.1, 0.15) is 5.69 Å². The first-order chi connectivity index (χ1) is 9.65. The third-order valence-electron chi connectivity index (χ3n) is 3.31. The molecule has 106 valence electrons. The fourth-order valence-corrected chi connectivity index (χ4v) is 2.19. The van der Waals surface area contributed by atoms with Crippen LogP contribution >= 0.6 is 0 Å². The molecule has 1 aromatic rings. The summed E-state index contributed by atoms with van der Waals surface area (Å²) in [4.78, 5) is 26.3. The first-order valence-corrected chi connectivity index (χ1v) is 6.78. The highest BCUT2D eigenvalue weighted by atomic mass is 16.4. The maximum absolute atomic E-state index is 11.8. The van der Waals surface area contributed by atoms with Crippen molar-refractivity contribution in [1.82, 2.24) is 10.3 Å². The second-order valence-electron chi connectivity index (χ2n) is 4.92. The summed E-state index contributed by atoms with van der Waals surface area (Å²) in [5, 5.41) is 11.6. The van der Waals surface area contributed by atoms with E-state index in [1.807, 2.05) is 0 Å². The zero-order valence-corrected chi connectivity index (χ0v) is 11.3. The molecule has 0 atom stereocenters. The summed E-state index contributed by atoms with van der Waals surface area (Å²) in [6.45, 7) is 0.374. The lowest BCUT2D eigenvalue weighted by atomic mass is 9.97. The van der Waals surface area contributed by atoms with Crippen molar-refractivity contribution in [3.8, 4) is 0 Å². The van der Waals surface area contributed by atoms with Gasteiger partial charge in [-0.2, -0.15) is 0 Å². The number of carboxylic acid groups (broad SMARTS) is 1. The lowest BCUT2D eigenvalue weighted by molar-refractivity contribution is -0.120. The van der Waals surface area contributed by atoms with E-state index in [0.717, 1.165) is 18.4 Å². The van der Waals surface area contributed by atoms with Gasteiger partial charge in [-0.25, -0.2) is 9.78 Å². The molecule has 0 aliphatic heterocycles. The van der Waals surface area contributed by atoms with Crippen molar-refractivity contribution in [3.63, 3.8) is 0 Å². The molecule has 0 radical (unpaired) electrons. The van der Waals surface area contributed by atoms with Crippen LogP contribution in [0.1, 0.15) is 48.2 Å². The molecular weight excluding hydrogens is 256 g/mol. The van der Waals surface area contributed by atoms with E-state index in [1.165, 1.54) is 30.7 Å². The second kappa shape index (κ2) is 6.84. The highest BCUT2D eigenvalue weighted by molar-refractivity contribution is 5.85. The highest BCUT2D eigenvalue weighted by Crippen LogP contribution is 2.19. The molecule has 1 aliphatic carbocycles. The number of hydrogen-bond donors (Lipinski definition) is 2. The first kappa shape index (κ1) is 14.2. The van der Waals surface area contributed by atoms with Crippen LogP contribution in [0.4, 0.5) is 0 Å². The van der Waals surface area contributed by atoms with Crippen LogP contribution in [0.25, 0.3) is 0 Å². The van der Waals surface area contributed by atoms with E-state index in [1.54, 1.807) is 6.07 Å². The minimum absolute atomic E-state index is 0.000427. The minimum Gasteiger partial charge on any atom is -0.477 e. The summed E-state index contributed by atoms with van der Waals surface area (Å²) in [5.41, 5.74) is 2.02. The number of allylic oxidation sites excluding steroid dienone is 1. The Balaban J connectivity index is 1.80. The Morgan fingerprint density at radius 2 is 2.15 bits per heavy atom. The number of carboxylic acids is 1. The number of carbonyl (C=O) groups is 2. The molecule has 1 aliphatic rings. The van der Waals surface area contributed by atoms with Gasteiger partial charge in [-0.1, -0.05) is 17.7 Å². The molecule has 20 heavy (non-hydrogen) atoms. The summed E-state index contributed by atoms with van der Waals surface area (Å²) in [6.07, 6.45) is 8.56. The van der Waals surface area contributed by atoms with Crippen molar-refractivity contribution in [2.45, 2.75) is 38.6 Å². The molecule has 2 N–H and O–H groups in total. The van der Waals surface area contributed by atoms with E-state index in [2.05, 4.69) is 16.4 Å². The zero-order valence-electron chi connectivity index (χ0n) is 11.3. The molecule has 0 spiro atoms. The predicted octanol–water partition coefficient (Wildman–Crippen LogP) is 2.29. The number of nitrogens with zero attached hydrogens (tertiary/aromatic N) is 1. The molecule has 5 nitrogen and oxygen atoms in total. The average molecular weight is 274 g/mol. The molecule has 0 aromatic carbocycles. The molecule has 0 saturated carbocycles. The van der Waals surface area contributed by atoms with Crippen LogP contribution in [-0.4, -0.2) is 22.0 Å². The lowest BCUT2D eigenvalue weighted by Gasteiger charge is -2.12. The van der Waals surface area contributed by atoms with E-state index >= 15 is 0 Å². The Hall–Kier alpha value is -2.17. The van der Waals surface area contributed by atoms with Gasteiger partial charge >= 0.3 is 5.97 Å². The summed E-state index contributed by atoms with van der Waals surface area (Å²) in [5.74, 6) is -1.05. The van der Waals surface area contributed by atoms with E-state index in [0.29, 0.717) is 13.0 Å². The third kappa shape index (κ3) is 4.19. The van der Waals surface area contributed by atoms with Crippen LogP contribution in [0.5, 0.6) is 0 Å². The summed E-state index contributed by atoms with van der Waals surface area (Å²) in [6, 6.07) is 3.10. The molecule has 2 rings (SSSR count). The van der Waals surface area contributed by atoms with Crippen LogP contribution in [0.3, 0.4) is 0 Å². The number of aromatic nitrogens is 1. The van der Waals surface area contributed by atoms with Gasteiger partial charge in [-0.05, 0) is 37.3 Å². The second-order valence-corrected chi connectivity index (χ2v) is 4.92. The number of aromatic carboxylic acids is 1. The van der Waals surface area contributed by atoms with Crippen molar-refractivity contribution in [2.75, 3.05) is 0 Å². The van der Waals surface area contributed by atoms with Gasteiger partial charge in [0.15, 0.2) is 0 Å². The van der Waals surface area contributed by atoms with Gasteiger partial charge in [-0.3, -0.25) is 4.79 Å². The van der Waals surface area contributed by atoms with Gasteiger partial charge in [0.25, 0.3) is 0 Å². The molecule has 1 heterocycles. The van der Waals surface area contributed by atoms with Gasteiger partial charge in [0.05, 0.1) is 0 Å². The lowest BCUT2D eigenvalue weighted by Crippen LogP contribution is -2.23. The molecule has 1 aromatic heterocycles. The van der Waals surface area contributed by atoms with Crippen LogP contribution in [0.2, 0.25) is 0 Å². The Morgan fingerprint density at radius 3 is 2.75 bits per heavy atom. The average Bonchev–Trinajstić information content (AvgIpc) is 2.46. The van der Waals surface area contributed by atoms with Crippen LogP contribution < -0.4 is 5.32 Å². The molecular formula is C15H18N2O3. The van der Waals surface area contributed by atoms with Crippen molar-refractivity contribution in [2.24, 2.45) is 0 Å². The molecule has 1 amide bonds. The molecule has 0 fully saturated rings. The van der Waals surface area contributed by atoms with Crippen LogP contribution in [0.15, 0.2) is 30.0 Å². The number of rotatable bonds is 5. The van der Waals surface area contributed by atoms with E-state index < -0.39 is 5.97 Å². The van der Waals surface area contributed by atoms with Crippen molar-refractivity contribution in [3.05, 3.63) is 41.2 Å². The Labute approximate surface area is 117 Å². The van der Waals surface area contributed by atoms with E-state index in [4.69, 9.17) is 5.11 Å². The number of hydrogen-bond acceptors (Lipinski definition) is 3. The standard InChI is InChI=1S/C15H18N2O3/c18-14(8-11-4-2-1-3-5-11)17-10-12-6-7-13(15(19)20)16-9-12/h4,6-7,9H,1-3,5,8,10H2,(H,17,18)(H,19,20). The quantitative estimate of drug-likeness (QED) is 0.807. The van der Waals surface area contributed by atoms with Gasteiger partial charge in [0.2, 0.25) is 5.91 Å². The van der Waals surface area contributed by atoms with Crippen LogP contribution in [0, 0.1) is 0 Å².